The van der Waals surface area contributed by atoms with E-state index < -0.39 is 5.91 Å². The first-order valence-corrected chi connectivity index (χ1v) is 6.83. The van der Waals surface area contributed by atoms with Crippen molar-refractivity contribution in [3.05, 3.63) is 35.1 Å². The number of carbonyl (C=O) groups is 1. The van der Waals surface area contributed by atoms with Gasteiger partial charge in [-0.05, 0) is 43.9 Å². The molecule has 0 bridgehead atoms. The van der Waals surface area contributed by atoms with E-state index in [1.165, 1.54) is 18.2 Å². The van der Waals surface area contributed by atoms with Gasteiger partial charge in [-0.1, -0.05) is 20.8 Å². The monoisotopic (exact) mass is 280 g/mol. The van der Waals surface area contributed by atoms with Crippen molar-refractivity contribution in [2.75, 3.05) is 0 Å². The lowest BCUT2D eigenvalue weighted by Gasteiger charge is -2.33. The Morgan fingerprint density at radius 3 is 2.35 bits per heavy atom. The van der Waals surface area contributed by atoms with Gasteiger partial charge in [-0.25, -0.2) is 4.39 Å². The van der Waals surface area contributed by atoms with Gasteiger partial charge in [0.1, 0.15) is 5.82 Å². The first kappa shape index (κ1) is 16.6. The number of hydrogen-bond donors (Lipinski definition) is 2. The molecule has 1 rings (SSSR count). The second-order valence-corrected chi connectivity index (χ2v) is 7.15. The number of primary amides is 1. The fourth-order valence-electron chi connectivity index (χ4n) is 2.59. The molecule has 0 aliphatic rings. The Morgan fingerprint density at radius 2 is 1.85 bits per heavy atom. The number of carbonyl (C=O) groups excluding carboxylic acids is 1. The molecule has 0 spiro atoms. The fourth-order valence-corrected chi connectivity index (χ4v) is 2.59. The standard InChI is InChI=1S/C16H25FN2O/c1-15(2,3)10-16(4,5)19-9-12-8-11(14(18)20)6-7-13(12)17/h6-8,19H,9-10H2,1-5H3,(H2,18,20). The predicted molar refractivity (Wildman–Crippen MR) is 79.9 cm³/mol. The van der Waals surface area contributed by atoms with Crippen molar-refractivity contribution in [1.29, 1.82) is 0 Å². The van der Waals surface area contributed by atoms with E-state index in [-0.39, 0.29) is 16.8 Å². The van der Waals surface area contributed by atoms with Gasteiger partial charge in [-0.2, -0.15) is 0 Å². The summed E-state index contributed by atoms with van der Waals surface area (Å²) in [6.07, 6.45) is 0.955. The Hall–Kier alpha value is -1.42. The summed E-state index contributed by atoms with van der Waals surface area (Å²) < 4.78 is 13.8. The molecule has 1 aromatic carbocycles. The highest BCUT2D eigenvalue weighted by Crippen LogP contribution is 2.27. The van der Waals surface area contributed by atoms with Crippen LogP contribution in [0.15, 0.2) is 18.2 Å². The van der Waals surface area contributed by atoms with Crippen LogP contribution in [0.5, 0.6) is 0 Å². The van der Waals surface area contributed by atoms with Crippen LogP contribution in [0.25, 0.3) is 0 Å². The van der Waals surface area contributed by atoms with Crippen LogP contribution in [-0.4, -0.2) is 11.4 Å². The van der Waals surface area contributed by atoms with Crippen molar-refractivity contribution >= 4 is 5.91 Å². The second-order valence-electron chi connectivity index (χ2n) is 7.15. The first-order valence-electron chi connectivity index (χ1n) is 6.83. The molecular formula is C16H25FN2O. The molecule has 0 saturated carbocycles. The van der Waals surface area contributed by atoms with E-state index in [4.69, 9.17) is 5.73 Å². The second kappa shape index (κ2) is 5.92. The molecular weight excluding hydrogens is 255 g/mol. The molecule has 0 heterocycles. The van der Waals surface area contributed by atoms with E-state index in [1.807, 2.05) is 0 Å². The number of hydrogen-bond acceptors (Lipinski definition) is 2. The van der Waals surface area contributed by atoms with Crippen molar-refractivity contribution < 1.29 is 9.18 Å². The molecule has 1 aromatic rings. The van der Waals surface area contributed by atoms with Crippen LogP contribution in [0.3, 0.4) is 0 Å². The van der Waals surface area contributed by atoms with Crippen LogP contribution in [-0.2, 0) is 6.54 Å². The van der Waals surface area contributed by atoms with Crippen molar-refractivity contribution in [3.8, 4) is 0 Å². The quantitative estimate of drug-likeness (QED) is 0.870. The third kappa shape index (κ3) is 5.29. The number of nitrogens with one attached hydrogen (secondary N) is 1. The van der Waals surface area contributed by atoms with E-state index in [0.717, 1.165) is 6.42 Å². The van der Waals surface area contributed by atoms with Crippen LogP contribution in [0.2, 0.25) is 0 Å². The van der Waals surface area contributed by atoms with Gasteiger partial charge in [0, 0.05) is 23.2 Å². The number of amides is 1. The van der Waals surface area contributed by atoms with Crippen LogP contribution >= 0.6 is 0 Å². The lowest BCUT2D eigenvalue weighted by molar-refractivity contribution is 0.1000. The number of halogens is 1. The summed E-state index contributed by atoms with van der Waals surface area (Å²) in [5, 5.41) is 3.35. The molecule has 0 atom stereocenters. The zero-order chi connectivity index (χ0) is 15.6. The van der Waals surface area contributed by atoms with Gasteiger partial charge in [0.2, 0.25) is 5.91 Å². The molecule has 4 heteroatoms. The average molecular weight is 280 g/mol. The lowest BCUT2D eigenvalue weighted by atomic mass is 9.81. The molecule has 20 heavy (non-hydrogen) atoms. The number of nitrogens with two attached hydrogens (primary N) is 1. The smallest absolute Gasteiger partial charge is 0.248 e. The Kier molecular flexibility index (Phi) is 4.92. The Morgan fingerprint density at radius 1 is 1.25 bits per heavy atom. The summed E-state index contributed by atoms with van der Waals surface area (Å²) in [5.41, 5.74) is 6.07. The molecule has 3 nitrogen and oxygen atoms in total. The van der Waals surface area contributed by atoms with E-state index in [1.54, 1.807) is 0 Å². The maximum absolute atomic E-state index is 13.8. The van der Waals surface area contributed by atoms with Crippen LogP contribution in [0.1, 0.15) is 57.0 Å². The Balaban J connectivity index is 2.79. The molecule has 0 unspecified atom stereocenters. The molecule has 0 aromatic heterocycles. The minimum Gasteiger partial charge on any atom is -0.366 e. The Bertz CT molecular complexity index is 490. The topological polar surface area (TPSA) is 55.1 Å². The van der Waals surface area contributed by atoms with Gasteiger partial charge in [-0.15, -0.1) is 0 Å². The molecule has 0 radical (unpaired) electrons. The first-order chi connectivity index (χ1) is 9.00. The van der Waals surface area contributed by atoms with E-state index in [9.17, 15) is 9.18 Å². The number of benzene rings is 1. The molecule has 0 aliphatic carbocycles. The Labute approximate surface area is 120 Å². The summed E-state index contributed by atoms with van der Waals surface area (Å²) in [6, 6.07) is 4.20. The van der Waals surface area contributed by atoms with E-state index >= 15 is 0 Å². The van der Waals surface area contributed by atoms with Gasteiger partial charge in [-0.3, -0.25) is 4.79 Å². The highest BCUT2D eigenvalue weighted by atomic mass is 19.1. The third-order valence-corrected chi connectivity index (χ3v) is 3.06. The van der Waals surface area contributed by atoms with Crippen LogP contribution in [0, 0.1) is 11.2 Å². The highest BCUT2D eigenvalue weighted by molar-refractivity contribution is 5.92. The normalized spacial score (nSPS) is 12.5. The van der Waals surface area contributed by atoms with Crippen LogP contribution < -0.4 is 11.1 Å². The molecule has 0 aliphatic heterocycles. The minimum atomic E-state index is -0.541. The number of rotatable bonds is 5. The average Bonchev–Trinajstić information content (AvgIpc) is 2.24. The molecule has 0 fully saturated rings. The maximum atomic E-state index is 13.8. The van der Waals surface area contributed by atoms with Crippen molar-refractivity contribution in [2.24, 2.45) is 11.1 Å². The van der Waals surface area contributed by atoms with Crippen molar-refractivity contribution in [2.45, 2.75) is 53.1 Å². The summed E-state index contributed by atoms with van der Waals surface area (Å²) in [6.45, 7) is 11.1. The van der Waals surface area contributed by atoms with Crippen molar-refractivity contribution in [3.63, 3.8) is 0 Å². The third-order valence-electron chi connectivity index (χ3n) is 3.06. The van der Waals surface area contributed by atoms with Crippen molar-refractivity contribution in [1.82, 2.24) is 5.32 Å². The fraction of sp³-hybridized carbons (Fsp3) is 0.562. The molecule has 3 N–H and O–H groups in total. The zero-order valence-electron chi connectivity index (χ0n) is 13.0. The van der Waals surface area contributed by atoms with E-state index in [0.29, 0.717) is 17.7 Å². The van der Waals surface area contributed by atoms with Gasteiger partial charge < -0.3 is 11.1 Å². The largest absolute Gasteiger partial charge is 0.366 e. The zero-order valence-corrected chi connectivity index (χ0v) is 13.0. The molecule has 0 saturated heterocycles. The summed E-state index contributed by atoms with van der Waals surface area (Å²) in [7, 11) is 0. The van der Waals surface area contributed by atoms with Gasteiger partial charge in [0.25, 0.3) is 0 Å². The predicted octanol–water partition coefficient (Wildman–Crippen LogP) is 3.23. The van der Waals surface area contributed by atoms with Crippen LogP contribution in [0.4, 0.5) is 4.39 Å². The maximum Gasteiger partial charge on any atom is 0.248 e. The summed E-state index contributed by atoms with van der Waals surface area (Å²) in [5.74, 6) is -0.866. The molecule has 112 valence electrons. The summed E-state index contributed by atoms with van der Waals surface area (Å²) in [4.78, 5) is 11.1. The highest BCUT2D eigenvalue weighted by Gasteiger charge is 2.25. The lowest BCUT2D eigenvalue weighted by Crippen LogP contribution is -2.42. The minimum absolute atomic E-state index is 0.118. The molecule has 1 amide bonds. The van der Waals surface area contributed by atoms with Gasteiger partial charge in [0.15, 0.2) is 0 Å². The SMILES string of the molecule is CC(C)(C)CC(C)(C)NCc1cc(C(N)=O)ccc1F. The van der Waals surface area contributed by atoms with E-state index in [2.05, 4.69) is 39.9 Å². The van der Waals surface area contributed by atoms with Gasteiger partial charge in [0.05, 0.1) is 0 Å². The van der Waals surface area contributed by atoms with Gasteiger partial charge >= 0.3 is 0 Å². The summed E-state index contributed by atoms with van der Waals surface area (Å²) >= 11 is 0.